The first-order valence-electron chi connectivity index (χ1n) is 9.22. The van der Waals surface area contributed by atoms with E-state index in [4.69, 9.17) is 5.73 Å². The Labute approximate surface area is 160 Å². The first-order valence-corrected chi connectivity index (χ1v) is 9.22. The number of H-pyrrole nitrogens is 1. The van der Waals surface area contributed by atoms with Crippen LogP contribution in [0.25, 0.3) is 16.9 Å². The Morgan fingerprint density at radius 2 is 1.81 bits per heavy atom. The summed E-state index contributed by atoms with van der Waals surface area (Å²) in [4.78, 5) is 15.1. The fourth-order valence-electron chi connectivity index (χ4n) is 3.84. The average molecular weight is 367 g/mol. The number of rotatable bonds is 5. The molecule has 0 radical (unpaired) electrons. The van der Waals surface area contributed by atoms with Crippen molar-refractivity contribution in [2.75, 3.05) is 5.32 Å². The molecule has 4 N–H and O–H groups in total. The molecule has 2 heterocycles. The number of benzene rings is 1. The lowest BCUT2D eigenvalue weighted by molar-refractivity contribution is 0.100. The minimum absolute atomic E-state index is 0.165. The number of hydrogen-bond donors (Lipinski definition) is 3. The number of hydrogen-bond acceptors (Lipinski definition) is 3. The number of nitrogens with two attached hydrogens (primary N) is 1. The summed E-state index contributed by atoms with van der Waals surface area (Å²) < 4.78 is 1.74. The van der Waals surface area contributed by atoms with E-state index in [0.29, 0.717) is 11.2 Å². The number of carbonyl (C=O) groups is 1. The Morgan fingerprint density at radius 3 is 2.37 bits per heavy atom. The molecule has 0 aliphatic rings. The van der Waals surface area contributed by atoms with Gasteiger partial charge < -0.3 is 16.0 Å². The Bertz CT molecular complexity index is 971. The van der Waals surface area contributed by atoms with Crippen molar-refractivity contribution < 1.29 is 4.79 Å². The summed E-state index contributed by atoms with van der Waals surface area (Å²) in [5.74, 6) is 0.331. The van der Waals surface area contributed by atoms with Gasteiger partial charge in [-0.05, 0) is 32.6 Å². The maximum atomic E-state index is 11.8. The fourth-order valence-corrected chi connectivity index (χ4v) is 3.84. The first-order chi connectivity index (χ1) is 12.5. The highest BCUT2D eigenvalue weighted by atomic mass is 16.1. The monoisotopic (exact) mass is 367 g/mol. The highest BCUT2D eigenvalue weighted by Gasteiger charge is 2.29. The summed E-state index contributed by atoms with van der Waals surface area (Å²) in [7, 11) is 0. The van der Waals surface area contributed by atoms with Gasteiger partial charge in [0.1, 0.15) is 11.2 Å². The smallest absolute Gasteiger partial charge is 0.254 e. The van der Waals surface area contributed by atoms with Crippen molar-refractivity contribution >= 4 is 17.4 Å². The number of anilines is 1. The van der Waals surface area contributed by atoms with Gasteiger partial charge in [-0.2, -0.15) is 9.61 Å². The van der Waals surface area contributed by atoms with E-state index in [-0.39, 0.29) is 11.0 Å². The summed E-state index contributed by atoms with van der Waals surface area (Å²) in [6.45, 7) is 13.1. The second kappa shape index (κ2) is 6.44. The van der Waals surface area contributed by atoms with Crippen molar-refractivity contribution in [3.63, 3.8) is 0 Å². The highest BCUT2D eigenvalue weighted by molar-refractivity contribution is 5.99. The molecule has 0 saturated carbocycles. The molecule has 0 aliphatic heterocycles. The molecule has 2 aromatic heterocycles. The van der Waals surface area contributed by atoms with Crippen LogP contribution in [-0.4, -0.2) is 26.0 Å². The zero-order valence-electron chi connectivity index (χ0n) is 17.0. The van der Waals surface area contributed by atoms with Gasteiger partial charge in [-0.3, -0.25) is 4.79 Å². The quantitative estimate of drug-likeness (QED) is 0.626. The summed E-state index contributed by atoms with van der Waals surface area (Å²) in [6, 6.07) is 8.26. The van der Waals surface area contributed by atoms with Crippen molar-refractivity contribution in [1.29, 1.82) is 0 Å². The molecule has 0 atom stereocenters. The third-order valence-electron chi connectivity index (χ3n) is 4.50. The fraction of sp³-hybridized carbons (Fsp3) is 0.429. The molecule has 0 aliphatic carbocycles. The number of fused-ring (bicyclic) bond motifs is 1. The van der Waals surface area contributed by atoms with Gasteiger partial charge in [0.15, 0.2) is 5.82 Å². The van der Waals surface area contributed by atoms with Gasteiger partial charge in [-0.15, -0.1) is 0 Å². The molecule has 6 nitrogen and oxygen atoms in total. The number of carbonyl (C=O) groups excluding carboxylic acids is 1. The van der Waals surface area contributed by atoms with Crippen LogP contribution in [0.2, 0.25) is 0 Å². The van der Waals surface area contributed by atoms with Crippen molar-refractivity contribution in [3.05, 3.63) is 41.6 Å². The van der Waals surface area contributed by atoms with Crippen LogP contribution < -0.4 is 11.1 Å². The molecular formula is C21H29N5O. The van der Waals surface area contributed by atoms with Crippen molar-refractivity contribution in [2.24, 2.45) is 11.1 Å². The molecule has 1 aromatic carbocycles. The molecule has 0 spiro atoms. The van der Waals surface area contributed by atoms with Crippen molar-refractivity contribution in [2.45, 2.75) is 53.5 Å². The summed E-state index contributed by atoms with van der Waals surface area (Å²) in [6.07, 6.45) is 2.47. The topological polar surface area (TPSA) is 88.2 Å². The van der Waals surface area contributed by atoms with E-state index in [9.17, 15) is 4.79 Å². The van der Waals surface area contributed by atoms with E-state index in [1.807, 2.05) is 0 Å². The molecule has 27 heavy (non-hydrogen) atoms. The standard InChI is InChI=1S/C21H29N5O/c1-13-7-9-14(10-8-13)16-19(25-21(5,6)12-20(2,3)4)26-18(24-16)15(11-23-26)17(22)27/h7-11,24-25H,12H2,1-6H3,(H2,22,27). The van der Waals surface area contributed by atoms with Crippen LogP contribution in [0.1, 0.15) is 57.0 Å². The van der Waals surface area contributed by atoms with Crippen LogP contribution in [0, 0.1) is 12.3 Å². The van der Waals surface area contributed by atoms with Gasteiger partial charge in [0.25, 0.3) is 5.91 Å². The third-order valence-corrected chi connectivity index (χ3v) is 4.50. The lowest BCUT2D eigenvalue weighted by Crippen LogP contribution is -2.36. The Hall–Kier alpha value is -2.76. The number of aromatic nitrogens is 3. The molecule has 3 aromatic rings. The zero-order valence-corrected chi connectivity index (χ0v) is 17.0. The lowest BCUT2D eigenvalue weighted by atomic mass is 9.82. The first kappa shape index (κ1) is 19.0. The van der Waals surface area contributed by atoms with E-state index >= 15 is 0 Å². The molecule has 6 heteroatoms. The molecule has 0 unspecified atom stereocenters. The van der Waals surface area contributed by atoms with Crippen molar-refractivity contribution in [1.82, 2.24) is 14.6 Å². The number of aryl methyl sites for hydroxylation is 1. The largest absolute Gasteiger partial charge is 0.365 e. The second-order valence-electron chi connectivity index (χ2n) is 9.14. The van der Waals surface area contributed by atoms with Crippen LogP contribution in [0.3, 0.4) is 0 Å². The Balaban J connectivity index is 2.15. The average Bonchev–Trinajstić information content (AvgIpc) is 3.06. The molecule has 0 saturated heterocycles. The number of amides is 1. The number of nitrogens with one attached hydrogen (secondary N) is 2. The number of primary amides is 1. The van der Waals surface area contributed by atoms with E-state index in [0.717, 1.165) is 23.5 Å². The van der Waals surface area contributed by atoms with Gasteiger partial charge in [-0.25, -0.2) is 0 Å². The van der Waals surface area contributed by atoms with Gasteiger partial charge >= 0.3 is 0 Å². The van der Waals surface area contributed by atoms with E-state index in [2.05, 4.69) is 81.2 Å². The number of imidazole rings is 1. The summed E-state index contributed by atoms with van der Waals surface area (Å²) in [5, 5.41) is 8.06. The minimum Gasteiger partial charge on any atom is -0.365 e. The second-order valence-corrected chi connectivity index (χ2v) is 9.14. The number of nitrogens with zero attached hydrogens (tertiary/aromatic N) is 2. The van der Waals surface area contributed by atoms with Crippen molar-refractivity contribution in [3.8, 4) is 11.3 Å². The SMILES string of the molecule is Cc1ccc(-c2[nH]c3c(C(N)=O)cnn3c2NC(C)(C)CC(C)(C)C)cc1. The minimum atomic E-state index is -0.498. The molecule has 1 amide bonds. The van der Waals surface area contributed by atoms with Crippen LogP contribution in [0.5, 0.6) is 0 Å². The summed E-state index contributed by atoms with van der Waals surface area (Å²) >= 11 is 0. The maximum Gasteiger partial charge on any atom is 0.254 e. The Morgan fingerprint density at radius 1 is 1.19 bits per heavy atom. The van der Waals surface area contributed by atoms with E-state index in [1.54, 1.807) is 4.52 Å². The van der Waals surface area contributed by atoms with Gasteiger partial charge in [0, 0.05) is 11.1 Å². The van der Waals surface area contributed by atoms with Gasteiger partial charge in [-0.1, -0.05) is 50.6 Å². The van der Waals surface area contributed by atoms with Crippen LogP contribution in [0.15, 0.2) is 30.5 Å². The highest BCUT2D eigenvalue weighted by Crippen LogP contribution is 2.35. The Kier molecular flexibility index (Phi) is 4.54. The van der Waals surface area contributed by atoms with Gasteiger partial charge in [0.2, 0.25) is 0 Å². The summed E-state index contributed by atoms with van der Waals surface area (Å²) in [5.41, 5.74) is 9.60. The third kappa shape index (κ3) is 3.99. The predicted octanol–water partition coefficient (Wildman–Crippen LogP) is 4.36. The molecule has 0 fully saturated rings. The normalized spacial score (nSPS) is 12.5. The molecule has 3 rings (SSSR count). The maximum absolute atomic E-state index is 11.8. The molecule has 0 bridgehead atoms. The lowest BCUT2D eigenvalue weighted by Gasteiger charge is -2.34. The van der Waals surface area contributed by atoms with Crippen LogP contribution in [0.4, 0.5) is 5.82 Å². The van der Waals surface area contributed by atoms with Crippen LogP contribution >= 0.6 is 0 Å². The van der Waals surface area contributed by atoms with E-state index < -0.39 is 5.91 Å². The van der Waals surface area contributed by atoms with Crippen LogP contribution in [-0.2, 0) is 0 Å². The molecule has 144 valence electrons. The number of aromatic amines is 1. The van der Waals surface area contributed by atoms with Gasteiger partial charge in [0.05, 0.1) is 11.9 Å². The predicted molar refractivity (Wildman–Crippen MR) is 110 cm³/mol. The van der Waals surface area contributed by atoms with E-state index in [1.165, 1.54) is 11.8 Å². The molecular weight excluding hydrogens is 338 g/mol. The zero-order chi connectivity index (χ0) is 20.0.